The minimum atomic E-state index is -0.838. The maximum atomic E-state index is 10.1. The molecular weight excluding hydrogens is 210 g/mol. The highest BCUT2D eigenvalue weighted by Crippen LogP contribution is 1.96. The lowest BCUT2D eigenvalue weighted by atomic mass is 10.1. The Kier molecular flexibility index (Phi) is 8.15. The molecule has 0 saturated heterocycles. The molecule has 0 fully saturated rings. The van der Waals surface area contributed by atoms with Gasteiger partial charge in [0.15, 0.2) is 0 Å². The van der Waals surface area contributed by atoms with E-state index in [1.165, 1.54) is 0 Å². The average molecular weight is 233 g/mol. The van der Waals surface area contributed by atoms with Crippen molar-refractivity contribution in [3.05, 3.63) is 0 Å². The van der Waals surface area contributed by atoms with Gasteiger partial charge in [-0.25, -0.2) is 0 Å². The number of carboxylic acids is 1. The van der Waals surface area contributed by atoms with Gasteiger partial charge in [0.1, 0.15) is 0 Å². The molecule has 0 unspecified atom stereocenters. The Morgan fingerprint density at radius 2 is 1.69 bits per heavy atom. The normalized spacial score (nSPS) is 11.7. The van der Waals surface area contributed by atoms with E-state index >= 15 is 0 Å². The number of aliphatic carboxylic acids is 1. The largest absolute Gasteiger partial charge is 0.481 e. The van der Waals surface area contributed by atoms with Crippen molar-refractivity contribution in [1.82, 2.24) is 5.32 Å². The smallest absolute Gasteiger partial charge is 0.305 e. The van der Waals surface area contributed by atoms with Crippen LogP contribution in [-0.2, 0) is 14.3 Å². The Morgan fingerprint density at radius 3 is 2.19 bits per heavy atom. The molecule has 5 nitrogen and oxygen atoms in total. The molecule has 0 spiro atoms. The van der Waals surface area contributed by atoms with E-state index in [9.17, 15) is 4.79 Å². The summed E-state index contributed by atoms with van der Waals surface area (Å²) >= 11 is 0. The predicted molar refractivity (Wildman–Crippen MR) is 61.6 cm³/mol. The van der Waals surface area contributed by atoms with Crippen molar-refractivity contribution in [2.24, 2.45) is 0 Å². The first-order valence-corrected chi connectivity index (χ1v) is 5.54. The summed E-state index contributed by atoms with van der Waals surface area (Å²) in [4.78, 5) is 10.1. The van der Waals surface area contributed by atoms with Crippen LogP contribution in [0.4, 0.5) is 0 Å². The standard InChI is InChI=1S/C11H23NO4/c1-11(2,3)12-5-7-16-9-8-15-6-4-10(13)14/h12H,4-9H2,1-3H3,(H,13,14). The summed E-state index contributed by atoms with van der Waals surface area (Å²) in [5, 5.41) is 11.6. The van der Waals surface area contributed by atoms with Crippen LogP contribution >= 0.6 is 0 Å². The zero-order chi connectivity index (χ0) is 12.4. The van der Waals surface area contributed by atoms with Gasteiger partial charge in [0.2, 0.25) is 0 Å². The summed E-state index contributed by atoms with van der Waals surface area (Å²) in [5.41, 5.74) is 0.112. The molecule has 0 aliphatic heterocycles. The predicted octanol–water partition coefficient (Wildman–Crippen LogP) is 0.882. The van der Waals surface area contributed by atoms with Crippen molar-refractivity contribution < 1.29 is 19.4 Å². The molecule has 0 saturated carbocycles. The summed E-state index contributed by atoms with van der Waals surface area (Å²) in [5.74, 6) is -0.838. The van der Waals surface area contributed by atoms with Crippen molar-refractivity contribution in [3.63, 3.8) is 0 Å². The van der Waals surface area contributed by atoms with Crippen LogP contribution in [0.15, 0.2) is 0 Å². The molecule has 5 heteroatoms. The summed E-state index contributed by atoms with van der Waals surface area (Å²) in [6, 6.07) is 0. The zero-order valence-corrected chi connectivity index (χ0v) is 10.4. The Morgan fingerprint density at radius 1 is 1.12 bits per heavy atom. The van der Waals surface area contributed by atoms with Gasteiger partial charge in [-0.1, -0.05) is 0 Å². The molecule has 0 rings (SSSR count). The molecule has 0 aromatic carbocycles. The van der Waals surface area contributed by atoms with Crippen molar-refractivity contribution >= 4 is 5.97 Å². The highest BCUT2D eigenvalue weighted by atomic mass is 16.5. The molecule has 0 heterocycles. The van der Waals surface area contributed by atoms with Gasteiger partial charge in [-0.05, 0) is 20.8 Å². The lowest BCUT2D eigenvalue weighted by molar-refractivity contribution is -0.138. The number of carboxylic acid groups (broad SMARTS) is 1. The highest BCUT2D eigenvalue weighted by Gasteiger charge is 2.06. The number of nitrogens with one attached hydrogen (secondary N) is 1. The van der Waals surface area contributed by atoms with Gasteiger partial charge in [0.05, 0.1) is 32.8 Å². The lowest BCUT2D eigenvalue weighted by Crippen LogP contribution is -2.38. The van der Waals surface area contributed by atoms with Gasteiger partial charge in [-0.2, -0.15) is 0 Å². The van der Waals surface area contributed by atoms with Crippen LogP contribution in [0.1, 0.15) is 27.2 Å². The minimum Gasteiger partial charge on any atom is -0.481 e. The quantitative estimate of drug-likeness (QED) is 0.579. The molecule has 2 N–H and O–H groups in total. The Bertz CT molecular complexity index is 189. The Hall–Kier alpha value is -0.650. The fraction of sp³-hybridized carbons (Fsp3) is 0.909. The van der Waals surface area contributed by atoms with E-state index < -0.39 is 5.97 Å². The zero-order valence-electron chi connectivity index (χ0n) is 10.4. The van der Waals surface area contributed by atoms with Gasteiger partial charge in [-0.3, -0.25) is 4.79 Å². The second-order valence-electron chi connectivity index (χ2n) is 4.55. The van der Waals surface area contributed by atoms with E-state index in [1.54, 1.807) is 0 Å². The fourth-order valence-corrected chi connectivity index (χ4v) is 0.980. The third kappa shape index (κ3) is 13.4. The molecule has 0 amide bonds. The van der Waals surface area contributed by atoms with Gasteiger partial charge in [0, 0.05) is 12.1 Å². The summed E-state index contributed by atoms with van der Waals surface area (Å²) in [6.45, 7) is 8.94. The van der Waals surface area contributed by atoms with Crippen LogP contribution in [-0.4, -0.2) is 49.6 Å². The number of hydrogen-bond acceptors (Lipinski definition) is 4. The number of ether oxygens (including phenoxy) is 2. The van der Waals surface area contributed by atoms with Crippen molar-refractivity contribution in [1.29, 1.82) is 0 Å². The van der Waals surface area contributed by atoms with E-state index in [2.05, 4.69) is 26.1 Å². The molecule has 0 aliphatic carbocycles. The lowest BCUT2D eigenvalue weighted by Gasteiger charge is -2.20. The van der Waals surface area contributed by atoms with Crippen molar-refractivity contribution in [3.8, 4) is 0 Å². The van der Waals surface area contributed by atoms with Crippen LogP contribution in [0, 0.1) is 0 Å². The monoisotopic (exact) mass is 233 g/mol. The molecule has 0 bridgehead atoms. The van der Waals surface area contributed by atoms with Crippen LogP contribution in [0.2, 0.25) is 0 Å². The van der Waals surface area contributed by atoms with Crippen LogP contribution in [0.25, 0.3) is 0 Å². The first-order chi connectivity index (χ1) is 7.42. The topological polar surface area (TPSA) is 67.8 Å². The van der Waals surface area contributed by atoms with E-state index in [4.69, 9.17) is 14.6 Å². The molecule has 0 atom stereocenters. The third-order valence-electron chi connectivity index (χ3n) is 1.73. The number of hydrogen-bond donors (Lipinski definition) is 2. The van der Waals surface area contributed by atoms with E-state index in [1.807, 2.05) is 0 Å². The van der Waals surface area contributed by atoms with Gasteiger partial charge >= 0.3 is 5.97 Å². The number of carbonyl (C=O) groups is 1. The summed E-state index contributed by atoms with van der Waals surface area (Å²) in [6.07, 6.45) is 0.0472. The van der Waals surface area contributed by atoms with Crippen LogP contribution in [0.5, 0.6) is 0 Å². The second kappa shape index (κ2) is 8.50. The average Bonchev–Trinajstić information content (AvgIpc) is 2.13. The van der Waals surface area contributed by atoms with Gasteiger partial charge in [-0.15, -0.1) is 0 Å². The minimum absolute atomic E-state index is 0.0472. The maximum Gasteiger partial charge on any atom is 0.305 e. The molecule has 0 aliphatic rings. The fourth-order valence-electron chi connectivity index (χ4n) is 0.980. The Labute approximate surface area is 97.1 Å². The first kappa shape index (κ1) is 15.3. The maximum absolute atomic E-state index is 10.1. The second-order valence-corrected chi connectivity index (χ2v) is 4.55. The molecule has 0 aromatic heterocycles. The summed E-state index contributed by atoms with van der Waals surface area (Å²) < 4.78 is 10.4. The summed E-state index contributed by atoms with van der Waals surface area (Å²) in [7, 11) is 0. The van der Waals surface area contributed by atoms with Crippen LogP contribution in [0.3, 0.4) is 0 Å². The van der Waals surface area contributed by atoms with E-state index in [0.29, 0.717) is 19.8 Å². The van der Waals surface area contributed by atoms with E-state index in [0.717, 1.165) is 6.54 Å². The number of rotatable bonds is 9. The Balaban J connectivity index is 3.07. The molecule has 16 heavy (non-hydrogen) atoms. The molecular formula is C11H23NO4. The van der Waals surface area contributed by atoms with Gasteiger partial charge in [0.25, 0.3) is 0 Å². The molecule has 0 aromatic rings. The van der Waals surface area contributed by atoms with Gasteiger partial charge < -0.3 is 19.9 Å². The van der Waals surface area contributed by atoms with E-state index in [-0.39, 0.29) is 18.6 Å². The SMILES string of the molecule is CC(C)(C)NCCOCCOCCC(=O)O. The van der Waals surface area contributed by atoms with Crippen molar-refractivity contribution in [2.75, 3.05) is 33.0 Å². The van der Waals surface area contributed by atoms with Crippen molar-refractivity contribution in [2.45, 2.75) is 32.7 Å². The third-order valence-corrected chi connectivity index (χ3v) is 1.73. The first-order valence-electron chi connectivity index (χ1n) is 5.54. The molecule has 0 radical (unpaired) electrons. The highest BCUT2D eigenvalue weighted by molar-refractivity contribution is 5.66. The van der Waals surface area contributed by atoms with Crippen LogP contribution < -0.4 is 5.32 Å². The molecule has 96 valence electrons.